The number of carbonyl (C=O) groups is 8. The van der Waals surface area contributed by atoms with E-state index < -0.39 is 261 Å². The van der Waals surface area contributed by atoms with E-state index in [9.17, 15) is 65.4 Å². The zero-order valence-corrected chi connectivity index (χ0v) is 73.2. The standard InChI is InChI=1S/C86H104BrCl2N11O26/c1-10-99(11-2)33-46-53(103)28-45-62(69(46)106)44-23-39(16-19-52(44)102)63-78(112)97-66(80(114)96-65(45)83(117)118)72(124-60-30-85(7,91)75(109)37(5)119-60)41-18-21-55(49(89)25-41)122-57-27-43-26-56(73(57)126-84-74(71(108)70(107)58(34-101)123-84)125-61-31-86(8,76(110)38(6)120-61)92-32-42-14-12-13-15-47(42)87)121-54-20-17-40(24-48(54)88)68(105)67(100-35-98(9)51(82(100)116)22-36(3)4)81(115)93-50(29-59(90)104)77(111)94-64(43)79(113)95-63/h12-21,23-28,36-38,50-51,58,60-61,63-68,70-72,74-76,84,92,101-103,105-110H,10-11,22,29-35,91H2,1-9H3,(H2,90,104)(H,93,115)(H,94,111)(H,95,113)(H,96,114)(H,97,112)(H,117,118)/t37-,38-,50-,51?,58-,60-,61-,63+,64+,65+,66-,67+,68+,70-,71+,72+,74-,75+,76+,84+,85-,86-/m0/s1. The zero-order valence-electron chi connectivity index (χ0n) is 70.1. The van der Waals surface area contributed by atoms with Crippen LogP contribution in [0.3, 0.4) is 0 Å². The van der Waals surface area contributed by atoms with Gasteiger partial charge in [-0.25, -0.2) is 4.79 Å². The van der Waals surface area contributed by atoms with E-state index in [0.717, 1.165) is 51.3 Å². The number of aliphatic hydroxyl groups excluding tert-OH is 6. The fourth-order valence-corrected chi connectivity index (χ4v) is 17.9. The second-order valence-electron chi connectivity index (χ2n) is 33.7. The molecule has 6 aromatic carbocycles. The van der Waals surface area contributed by atoms with E-state index in [1.807, 2.05) is 38.1 Å². The molecule has 40 heteroatoms. The van der Waals surface area contributed by atoms with Crippen molar-refractivity contribution >= 4 is 86.5 Å². The van der Waals surface area contributed by atoms with Crippen LogP contribution in [0.15, 0.2) is 102 Å². The lowest BCUT2D eigenvalue weighted by Gasteiger charge is -2.48. The van der Waals surface area contributed by atoms with E-state index in [1.165, 1.54) is 50.2 Å². The van der Waals surface area contributed by atoms with Gasteiger partial charge in [-0.15, -0.1) is 0 Å². The second-order valence-corrected chi connectivity index (χ2v) is 35.3. The summed E-state index contributed by atoms with van der Waals surface area (Å²) < 4.78 is 53.9. The van der Waals surface area contributed by atoms with Crippen molar-refractivity contribution in [2.24, 2.45) is 17.4 Å². The first-order valence-electron chi connectivity index (χ1n) is 41.1. The van der Waals surface area contributed by atoms with Gasteiger partial charge in [-0.1, -0.05) is 103 Å². The van der Waals surface area contributed by atoms with Crippen LogP contribution in [0.1, 0.15) is 150 Å². The van der Waals surface area contributed by atoms with Gasteiger partial charge in [0.1, 0.15) is 89.5 Å². The van der Waals surface area contributed by atoms with Gasteiger partial charge >= 0.3 is 5.97 Å². The van der Waals surface area contributed by atoms with Crippen molar-refractivity contribution in [1.82, 2.24) is 46.6 Å². The van der Waals surface area contributed by atoms with Crippen molar-refractivity contribution in [1.29, 1.82) is 0 Å². The summed E-state index contributed by atoms with van der Waals surface area (Å²) in [6, 6.07) is 6.86. The number of hydrogen-bond acceptors (Lipinski definition) is 29. The number of phenols is 3. The Bertz CT molecular complexity index is 5150. The summed E-state index contributed by atoms with van der Waals surface area (Å²) in [6.07, 6.45) is -22.7. The Balaban J connectivity index is 1.06. The molecule has 4 fully saturated rings. The third-order valence-corrected chi connectivity index (χ3v) is 25.5. The molecule has 0 spiro atoms. The number of ether oxygens (including phenoxy) is 8. The Morgan fingerprint density at radius 2 is 1.32 bits per heavy atom. The van der Waals surface area contributed by atoms with Crippen LogP contribution in [-0.2, 0) is 75.1 Å². The molecular weight excluding hydrogens is 1750 g/mol. The quantitative estimate of drug-likeness (QED) is 0.0510. The second kappa shape index (κ2) is 38.3. The zero-order chi connectivity index (χ0) is 91.3. The maximum absolute atomic E-state index is 16.8. The van der Waals surface area contributed by atoms with Crippen LogP contribution in [0, 0.1) is 5.92 Å². The number of fused-ring (bicyclic) bond motifs is 15. The molecule has 7 amide bonds. The monoisotopic (exact) mass is 1860 g/mol. The van der Waals surface area contributed by atoms with Gasteiger partial charge in [0.15, 0.2) is 36.2 Å². The van der Waals surface area contributed by atoms with Crippen molar-refractivity contribution in [2.45, 2.75) is 227 Å². The number of aliphatic hydroxyl groups is 6. The Morgan fingerprint density at radius 3 is 1.94 bits per heavy atom. The highest BCUT2D eigenvalue weighted by atomic mass is 79.9. The molecule has 1 unspecified atom stereocenters. The van der Waals surface area contributed by atoms with E-state index in [2.05, 4.69) is 47.8 Å². The summed E-state index contributed by atoms with van der Waals surface area (Å²) in [6.45, 7) is 13.0. The molecule has 11 bridgehead atoms. The van der Waals surface area contributed by atoms with E-state index in [0.29, 0.717) is 13.1 Å². The van der Waals surface area contributed by atoms with Gasteiger partial charge in [0.05, 0.1) is 65.8 Å². The van der Waals surface area contributed by atoms with Crippen LogP contribution in [0.4, 0.5) is 0 Å². The average Bonchev–Trinajstić information content (AvgIpc) is 0.924. The maximum Gasteiger partial charge on any atom is 0.330 e. The minimum Gasteiger partial charge on any atom is -0.507 e. The summed E-state index contributed by atoms with van der Waals surface area (Å²) in [5, 5.41) is 135. The third kappa shape index (κ3) is 19.5. The summed E-state index contributed by atoms with van der Waals surface area (Å²) in [5.74, 6) is -15.5. The number of carboxylic acids is 1. The number of carboxylic acid groups (broad SMARTS) is 1. The summed E-state index contributed by atoms with van der Waals surface area (Å²) in [5.41, 5.74) is 7.90. The Labute approximate surface area is 742 Å². The number of nitrogens with one attached hydrogen (secondary N) is 6. The molecule has 22 atom stereocenters. The van der Waals surface area contributed by atoms with Gasteiger partial charge in [0, 0.05) is 58.2 Å². The Morgan fingerprint density at radius 1 is 0.706 bits per heavy atom. The third-order valence-electron chi connectivity index (χ3n) is 24.1. The largest absolute Gasteiger partial charge is 0.507 e. The highest BCUT2D eigenvalue weighted by molar-refractivity contribution is 9.10. The molecule has 0 aliphatic carbocycles. The molecule has 680 valence electrons. The minimum atomic E-state index is -2.39. The molecule has 9 aliphatic heterocycles. The fourth-order valence-electron chi connectivity index (χ4n) is 17.1. The molecule has 20 N–H and O–H groups in total. The fraction of sp³-hybridized carbons (Fsp3) is 0.488. The van der Waals surface area contributed by atoms with Crippen LogP contribution >= 0.6 is 39.1 Å². The molecule has 126 heavy (non-hydrogen) atoms. The number of halogens is 3. The molecule has 0 aromatic heterocycles. The number of carbonyl (C=O) groups excluding carboxylic acids is 7. The smallest absolute Gasteiger partial charge is 0.330 e. The number of phenolic OH excluding ortho intramolecular Hbond substituents is 3. The molecule has 6 aromatic rings. The molecule has 0 saturated carbocycles. The number of benzene rings is 6. The lowest BCUT2D eigenvalue weighted by Crippen LogP contribution is -2.65. The lowest BCUT2D eigenvalue weighted by molar-refractivity contribution is -0.334. The van der Waals surface area contributed by atoms with Crippen LogP contribution in [0.25, 0.3) is 11.1 Å². The van der Waals surface area contributed by atoms with Gasteiger partial charge < -0.3 is 137 Å². The van der Waals surface area contributed by atoms with E-state index in [4.69, 9.17) is 72.6 Å². The van der Waals surface area contributed by atoms with E-state index >= 15 is 24.0 Å². The number of nitrogens with zero attached hydrogens (tertiary/aromatic N) is 3. The summed E-state index contributed by atoms with van der Waals surface area (Å²) in [7, 11) is 1.62. The number of aliphatic carboxylic acids is 1. The molecule has 0 radical (unpaired) electrons. The SMILES string of the molecule is CCN(CC)Cc1c(O)cc2c(c1O)-c1cc(ccc1O)[C@H]1NC(=O)[C@@H]3NC(=O)[C@H](CC(N)=O)NC(=O)[C@H](N4CN(C)C(CC(C)C)C4=O)[C@H](O)c4ccc(c(Cl)c4)Oc4cc3cc(c4O[C@H]3O[C@@H](CO)[C@H](O)[C@@H](O)[C@@H]3O[C@H]3C[C@](C)(NCc4ccccc4Br)[C@H](O)[C@H](C)O3)Oc3ccc(cc3Cl)[C@@H](O[C@H]3C[C@](C)(N)[C@H](O)[C@H](C)O3)[C@H](NC1=O)C(=O)N[C@H]2C(=O)O. The highest BCUT2D eigenvalue weighted by Gasteiger charge is 2.54. The van der Waals surface area contributed by atoms with Gasteiger partial charge in [0.2, 0.25) is 53.4 Å². The normalized spacial score (nSPS) is 30.9. The van der Waals surface area contributed by atoms with Crippen molar-refractivity contribution in [3.05, 3.63) is 151 Å². The predicted octanol–water partition coefficient (Wildman–Crippen LogP) is 4.18. The number of nitrogens with two attached hydrogens (primary N) is 2. The van der Waals surface area contributed by atoms with Gasteiger partial charge in [-0.05, 0) is 149 Å². The Kier molecular flexibility index (Phi) is 28.6. The molecule has 4 saturated heterocycles. The number of rotatable bonds is 20. The van der Waals surface area contributed by atoms with Crippen molar-refractivity contribution in [3.8, 4) is 57.1 Å². The number of amides is 7. The van der Waals surface area contributed by atoms with Gasteiger partial charge in [-0.2, -0.15) is 0 Å². The van der Waals surface area contributed by atoms with Crippen molar-refractivity contribution < 1.29 is 127 Å². The Hall–Kier alpha value is -9.66. The topological polar surface area (TPSA) is 547 Å². The van der Waals surface area contributed by atoms with E-state index in [-0.39, 0.29) is 78.0 Å². The van der Waals surface area contributed by atoms with Crippen LogP contribution < -0.4 is 57.6 Å². The summed E-state index contributed by atoms with van der Waals surface area (Å²) >= 11 is 18.4. The van der Waals surface area contributed by atoms with Crippen molar-refractivity contribution in [2.75, 3.05) is 33.4 Å². The molecule has 37 nitrogen and oxygen atoms in total. The highest BCUT2D eigenvalue weighted by Crippen LogP contribution is 2.52. The van der Waals surface area contributed by atoms with E-state index in [1.54, 1.807) is 44.5 Å². The lowest BCUT2D eigenvalue weighted by atomic mass is 9.84. The van der Waals surface area contributed by atoms with Crippen molar-refractivity contribution in [3.63, 3.8) is 0 Å². The number of aromatic hydroxyl groups is 3. The number of hydrogen-bond donors (Lipinski definition) is 18. The van der Waals surface area contributed by atoms with Crippen LogP contribution in [-0.4, -0.2) is 249 Å². The van der Waals surface area contributed by atoms with Crippen LogP contribution in [0.5, 0.6) is 46.0 Å². The first-order valence-corrected chi connectivity index (χ1v) is 42.7. The maximum atomic E-state index is 16.8. The molecule has 15 rings (SSSR count). The average molecular weight is 1860 g/mol. The number of likely N-dealkylation sites (N-methyl/N-ethyl adjacent to an activating group) is 1. The predicted molar refractivity (Wildman–Crippen MR) is 451 cm³/mol. The molecule has 9 aliphatic rings. The molecule has 9 heterocycles. The first kappa shape index (κ1) is 94.0. The molecular formula is C86H104BrCl2N11O26. The summed E-state index contributed by atoms with van der Waals surface area (Å²) in [4.78, 5) is 128. The first-order chi connectivity index (χ1) is 59.6. The van der Waals surface area contributed by atoms with Gasteiger partial charge in [0.25, 0.3) is 0 Å². The van der Waals surface area contributed by atoms with Crippen LogP contribution in [0.2, 0.25) is 10.0 Å². The number of primary amides is 1. The minimum absolute atomic E-state index is 0.0737. The van der Waals surface area contributed by atoms with Gasteiger partial charge in [-0.3, -0.25) is 43.4 Å².